The molecule has 2 aliphatic rings. The predicted octanol–water partition coefficient (Wildman–Crippen LogP) is -0.619. The van der Waals surface area contributed by atoms with Gasteiger partial charge >= 0.3 is 5.69 Å². The van der Waals surface area contributed by atoms with E-state index in [-0.39, 0.29) is 19.1 Å². The molecule has 1 aromatic rings. The molecule has 8 heteroatoms. The van der Waals surface area contributed by atoms with E-state index in [9.17, 15) is 14.7 Å². The topological polar surface area (TPSA) is 103 Å². The van der Waals surface area contributed by atoms with Crippen LogP contribution in [-0.4, -0.2) is 52.8 Å². The number of hydrogen-bond donors (Lipinski definition) is 2. The quantitative estimate of drug-likeness (QED) is 0.751. The Kier molecular flexibility index (Phi) is 4.72. The maximum absolute atomic E-state index is 11.7. The molecule has 0 spiro atoms. The van der Waals surface area contributed by atoms with Crippen LogP contribution in [0.4, 0.5) is 0 Å². The lowest BCUT2D eigenvalue weighted by atomic mass is 10.2. The molecule has 2 saturated heterocycles. The van der Waals surface area contributed by atoms with E-state index in [1.807, 2.05) is 0 Å². The van der Waals surface area contributed by atoms with Crippen LogP contribution in [0.2, 0.25) is 0 Å². The molecular formula is C14H20N2O6. The zero-order valence-corrected chi connectivity index (χ0v) is 12.1. The second kappa shape index (κ2) is 6.74. The highest BCUT2D eigenvalue weighted by atomic mass is 16.6. The number of aromatic amines is 1. The lowest BCUT2D eigenvalue weighted by Gasteiger charge is -2.17. The number of H-pyrrole nitrogens is 1. The molecule has 8 nitrogen and oxygen atoms in total. The highest BCUT2D eigenvalue weighted by molar-refractivity contribution is 4.88. The summed E-state index contributed by atoms with van der Waals surface area (Å²) in [6.45, 7) is 1.50. The molecule has 4 atom stereocenters. The molecule has 0 aliphatic carbocycles. The van der Waals surface area contributed by atoms with Crippen LogP contribution in [0.5, 0.6) is 0 Å². The lowest BCUT2D eigenvalue weighted by molar-refractivity contribution is -0.0768. The monoisotopic (exact) mass is 312 g/mol. The van der Waals surface area contributed by atoms with E-state index in [1.54, 1.807) is 0 Å². The standard InChI is InChI=1S/C14H20N2O6/c17-10-6-13(16-4-3-12(18)15-14(16)19)22-11(10)8-20-7-9-2-1-5-21-9/h3-4,9-11,13,17H,1-2,5-8H2,(H,15,18,19)/t9-,10-,11+,13+/m0/s1. The van der Waals surface area contributed by atoms with Gasteiger partial charge in [0.05, 0.1) is 25.4 Å². The zero-order valence-electron chi connectivity index (χ0n) is 12.1. The Hall–Kier alpha value is -1.48. The minimum absolute atomic E-state index is 0.121. The number of aromatic nitrogens is 2. The van der Waals surface area contributed by atoms with E-state index < -0.39 is 29.7 Å². The number of aliphatic hydroxyl groups is 1. The average molecular weight is 312 g/mol. The summed E-state index contributed by atoms with van der Waals surface area (Å²) in [5, 5.41) is 10.0. The first-order chi connectivity index (χ1) is 10.6. The Morgan fingerprint density at radius 1 is 1.41 bits per heavy atom. The minimum atomic E-state index is -0.715. The molecular weight excluding hydrogens is 292 g/mol. The molecule has 3 rings (SSSR count). The van der Waals surface area contributed by atoms with E-state index in [0.717, 1.165) is 19.4 Å². The summed E-state index contributed by atoms with van der Waals surface area (Å²) in [5.74, 6) is 0. The predicted molar refractivity (Wildman–Crippen MR) is 75.6 cm³/mol. The van der Waals surface area contributed by atoms with Gasteiger partial charge in [-0.1, -0.05) is 0 Å². The first-order valence-electron chi connectivity index (χ1n) is 7.48. The van der Waals surface area contributed by atoms with Gasteiger partial charge in [0.1, 0.15) is 12.3 Å². The normalized spacial score (nSPS) is 31.7. The molecule has 2 aliphatic heterocycles. The van der Waals surface area contributed by atoms with Crippen molar-refractivity contribution in [1.82, 2.24) is 9.55 Å². The van der Waals surface area contributed by atoms with Gasteiger partial charge in [-0.3, -0.25) is 14.3 Å². The Morgan fingerprint density at radius 2 is 2.27 bits per heavy atom. The SMILES string of the molecule is O=c1ccn([C@H]2C[C@H](O)[C@@H](COC[C@@H]3CCCO3)O2)c(=O)[nH]1. The molecule has 0 radical (unpaired) electrons. The van der Waals surface area contributed by atoms with Crippen LogP contribution < -0.4 is 11.2 Å². The summed E-state index contributed by atoms with van der Waals surface area (Å²) >= 11 is 0. The summed E-state index contributed by atoms with van der Waals surface area (Å²) in [7, 11) is 0. The molecule has 0 amide bonds. The van der Waals surface area contributed by atoms with Crippen molar-refractivity contribution in [3.05, 3.63) is 33.1 Å². The van der Waals surface area contributed by atoms with Crippen LogP contribution in [0.3, 0.4) is 0 Å². The van der Waals surface area contributed by atoms with Crippen LogP contribution in [0.1, 0.15) is 25.5 Å². The summed E-state index contributed by atoms with van der Waals surface area (Å²) in [6, 6.07) is 1.25. The fourth-order valence-corrected chi connectivity index (χ4v) is 2.78. The van der Waals surface area contributed by atoms with Crippen molar-refractivity contribution in [2.75, 3.05) is 19.8 Å². The molecule has 3 heterocycles. The van der Waals surface area contributed by atoms with Crippen molar-refractivity contribution < 1.29 is 19.3 Å². The van der Waals surface area contributed by atoms with Gasteiger partial charge in [0, 0.05) is 25.3 Å². The van der Waals surface area contributed by atoms with Gasteiger partial charge in [0.25, 0.3) is 5.56 Å². The highest BCUT2D eigenvalue weighted by Crippen LogP contribution is 2.27. The van der Waals surface area contributed by atoms with Crippen molar-refractivity contribution >= 4 is 0 Å². The maximum Gasteiger partial charge on any atom is 0.330 e. The van der Waals surface area contributed by atoms with Gasteiger partial charge in [-0.2, -0.15) is 0 Å². The first-order valence-corrected chi connectivity index (χ1v) is 7.48. The Labute approximate surface area is 126 Å². The fraction of sp³-hybridized carbons (Fsp3) is 0.714. The molecule has 1 aromatic heterocycles. The number of rotatable bonds is 5. The number of ether oxygens (including phenoxy) is 3. The number of hydrogen-bond acceptors (Lipinski definition) is 6. The second-order valence-electron chi connectivity index (χ2n) is 5.62. The third-order valence-electron chi connectivity index (χ3n) is 3.98. The van der Waals surface area contributed by atoms with Crippen molar-refractivity contribution in [2.45, 2.75) is 43.8 Å². The molecule has 2 fully saturated rings. The second-order valence-corrected chi connectivity index (χ2v) is 5.62. The van der Waals surface area contributed by atoms with Crippen molar-refractivity contribution in [3.8, 4) is 0 Å². The lowest BCUT2D eigenvalue weighted by Crippen LogP contribution is -2.32. The Balaban J connectivity index is 1.54. The molecule has 0 saturated carbocycles. The average Bonchev–Trinajstić information content (AvgIpc) is 3.10. The van der Waals surface area contributed by atoms with Gasteiger partial charge in [-0.05, 0) is 12.8 Å². The van der Waals surface area contributed by atoms with Crippen LogP contribution in [0.15, 0.2) is 21.9 Å². The van der Waals surface area contributed by atoms with Crippen LogP contribution in [0.25, 0.3) is 0 Å². The number of aliphatic hydroxyl groups excluding tert-OH is 1. The Bertz CT molecular complexity index is 606. The van der Waals surface area contributed by atoms with Crippen molar-refractivity contribution in [1.29, 1.82) is 0 Å². The van der Waals surface area contributed by atoms with Crippen molar-refractivity contribution in [2.24, 2.45) is 0 Å². The van der Waals surface area contributed by atoms with Gasteiger partial charge in [0.2, 0.25) is 0 Å². The third-order valence-corrected chi connectivity index (χ3v) is 3.98. The summed E-state index contributed by atoms with van der Waals surface area (Å²) < 4.78 is 17.9. The van der Waals surface area contributed by atoms with E-state index in [1.165, 1.54) is 16.8 Å². The van der Waals surface area contributed by atoms with Crippen LogP contribution in [-0.2, 0) is 14.2 Å². The summed E-state index contributed by atoms with van der Waals surface area (Å²) in [6.07, 6.45) is 2.00. The van der Waals surface area contributed by atoms with Gasteiger partial charge in [-0.25, -0.2) is 4.79 Å². The van der Waals surface area contributed by atoms with Crippen LogP contribution in [0, 0.1) is 0 Å². The maximum atomic E-state index is 11.7. The molecule has 2 N–H and O–H groups in total. The number of nitrogens with one attached hydrogen (secondary N) is 1. The van der Waals surface area contributed by atoms with E-state index in [2.05, 4.69) is 4.98 Å². The van der Waals surface area contributed by atoms with E-state index in [0.29, 0.717) is 6.61 Å². The first kappa shape index (κ1) is 15.4. The summed E-state index contributed by atoms with van der Waals surface area (Å²) in [4.78, 5) is 25.0. The Morgan fingerprint density at radius 3 is 3.00 bits per heavy atom. The molecule has 0 bridgehead atoms. The van der Waals surface area contributed by atoms with Gasteiger partial charge in [0.15, 0.2) is 0 Å². The minimum Gasteiger partial charge on any atom is -0.390 e. The zero-order chi connectivity index (χ0) is 15.5. The largest absolute Gasteiger partial charge is 0.390 e. The van der Waals surface area contributed by atoms with E-state index >= 15 is 0 Å². The molecule has 22 heavy (non-hydrogen) atoms. The van der Waals surface area contributed by atoms with Crippen molar-refractivity contribution in [3.63, 3.8) is 0 Å². The number of nitrogens with zero attached hydrogens (tertiary/aromatic N) is 1. The third kappa shape index (κ3) is 3.46. The molecule has 0 aromatic carbocycles. The van der Waals surface area contributed by atoms with E-state index in [4.69, 9.17) is 14.2 Å². The van der Waals surface area contributed by atoms with Gasteiger partial charge < -0.3 is 19.3 Å². The van der Waals surface area contributed by atoms with Crippen LogP contribution >= 0.6 is 0 Å². The van der Waals surface area contributed by atoms with Gasteiger partial charge in [-0.15, -0.1) is 0 Å². The highest BCUT2D eigenvalue weighted by Gasteiger charge is 2.35. The smallest absolute Gasteiger partial charge is 0.330 e. The fourth-order valence-electron chi connectivity index (χ4n) is 2.78. The molecule has 122 valence electrons. The summed E-state index contributed by atoms with van der Waals surface area (Å²) in [5.41, 5.74) is -1.01. The molecule has 0 unspecified atom stereocenters.